The van der Waals surface area contributed by atoms with E-state index >= 15 is 0 Å². The zero-order chi connectivity index (χ0) is 10.4. The first kappa shape index (κ1) is 15.6. The first-order chi connectivity index (χ1) is 6.77. The van der Waals surface area contributed by atoms with Crippen LogP contribution < -0.4 is 5.73 Å². The minimum atomic E-state index is 0. The molecule has 1 heterocycles. The van der Waals surface area contributed by atoms with Crippen LogP contribution in [0.25, 0.3) is 0 Å². The molecule has 15 heavy (non-hydrogen) atoms. The van der Waals surface area contributed by atoms with Crippen LogP contribution in [-0.2, 0) is 0 Å². The molecule has 0 bridgehead atoms. The molecule has 1 aliphatic rings. The third kappa shape index (κ3) is 5.43. The first-order valence-electron chi connectivity index (χ1n) is 5.79. The van der Waals surface area contributed by atoms with E-state index in [2.05, 4.69) is 18.7 Å². The van der Waals surface area contributed by atoms with Crippen LogP contribution in [0.5, 0.6) is 0 Å². The van der Waals surface area contributed by atoms with Gasteiger partial charge in [-0.25, -0.2) is 0 Å². The second kappa shape index (κ2) is 8.68. The number of nitrogens with two attached hydrogens (primary N) is 1. The van der Waals surface area contributed by atoms with Crippen molar-refractivity contribution in [3.05, 3.63) is 0 Å². The van der Waals surface area contributed by atoms with E-state index in [1.54, 1.807) is 0 Å². The minimum absolute atomic E-state index is 0. The maximum atomic E-state index is 5.81. The Morgan fingerprint density at radius 3 is 2.80 bits per heavy atom. The van der Waals surface area contributed by atoms with Gasteiger partial charge < -0.3 is 5.73 Å². The van der Waals surface area contributed by atoms with Gasteiger partial charge in [0.05, 0.1) is 0 Å². The van der Waals surface area contributed by atoms with Crippen molar-refractivity contribution in [2.24, 2.45) is 11.7 Å². The fourth-order valence-electron chi connectivity index (χ4n) is 2.17. The lowest BCUT2D eigenvalue weighted by atomic mass is 9.92. The Balaban J connectivity index is 0.00000196. The molecule has 0 aliphatic carbocycles. The Morgan fingerprint density at radius 1 is 1.47 bits per heavy atom. The van der Waals surface area contributed by atoms with Crippen LogP contribution in [0.2, 0.25) is 0 Å². The molecule has 0 saturated carbocycles. The van der Waals surface area contributed by atoms with Crippen LogP contribution in [0.1, 0.15) is 26.7 Å². The summed E-state index contributed by atoms with van der Waals surface area (Å²) in [6.45, 7) is 7.89. The van der Waals surface area contributed by atoms with Gasteiger partial charge in [-0.05, 0) is 31.1 Å². The standard InChI is InChI=1S/C11H24N2S.ClH/c1-3-14-7-6-13-5-4-10(2)8-11(13)9-12;/h10-11H,3-9,12H2,1-2H3;1H. The van der Waals surface area contributed by atoms with Gasteiger partial charge in [-0.2, -0.15) is 11.8 Å². The molecule has 2 nitrogen and oxygen atoms in total. The zero-order valence-electron chi connectivity index (χ0n) is 9.95. The molecule has 0 radical (unpaired) electrons. The number of piperidine rings is 1. The van der Waals surface area contributed by atoms with Crippen molar-refractivity contribution in [1.29, 1.82) is 0 Å². The molecule has 0 aromatic rings. The van der Waals surface area contributed by atoms with Crippen molar-refractivity contribution in [3.63, 3.8) is 0 Å². The van der Waals surface area contributed by atoms with Gasteiger partial charge in [-0.1, -0.05) is 13.8 Å². The summed E-state index contributed by atoms with van der Waals surface area (Å²) < 4.78 is 0. The molecule has 1 fully saturated rings. The summed E-state index contributed by atoms with van der Waals surface area (Å²) in [5, 5.41) is 0. The van der Waals surface area contributed by atoms with Crippen LogP contribution in [-0.4, -0.2) is 42.1 Å². The monoisotopic (exact) mass is 252 g/mol. The summed E-state index contributed by atoms with van der Waals surface area (Å²) in [7, 11) is 0. The highest BCUT2D eigenvalue weighted by Gasteiger charge is 2.24. The summed E-state index contributed by atoms with van der Waals surface area (Å²) in [6.07, 6.45) is 2.65. The topological polar surface area (TPSA) is 29.3 Å². The Hall–Kier alpha value is 0.560. The van der Waals surface area contributed by atoms with Crippen LogP contribution in [0.15, 0.2) is 0 Å². The predicted octanol–water partition coefficient (Wildman–Crippen LogP) is 2.22. The van der Waals surface area contributed by atoms with E-state index in [9.17, 15) is 0 Å². The number of hydrogen-bond donors (Lipinski definition) is 1. The largest absolute Gasteiger partial charge is 0.329 e. The van der Waals surface area contributed by atoms with E-state index in [0.29, 0.717) is 6.04 Å². The number of likely N-dealkylation sites (tertiary alicyclic amines) is 1. The van der Waals surface area contributed by atoms with Crippen molar-refractivity contribution >= 4 is 24.2 Å². The van der Waals surface area contributed by atoms with E-state index in [1.807, 2.05) is 11.8 Å². The van der Waals surface area contributed by atoms with Crippen LogP contribution in [0.4, 0.5) is 0 Å². The van der Waals surface area contributed by atoms with E-state index in [1.165, 1.54) is 37.4 Å². The summed E-state index contributed by atoms with van der Waals surface area (Å²) in [6, 6.07) is 0.649. The van der Waals surface area contributed by atoms with E-state index in [0.717, 1.165) is 12.5 Å². The third-order valence-electron chi connectivity index (χ3n) is 3.10. The highest BCUT2D eigenvalue weighted by atomic mass is 35.5. The molecule has 2 atom stereocenters. The number of halogens is 1. The van der Waals surface area contributed by atoms with Crippen molar-refractivity contribution < 1.29 is 0 Å². The second-order valence-electron chi connectivity index (χ2n) is 4.25. The molecule has 92 valence electrons. The van der Waals surface area contributed by atoms with Crippen molar-refractivity contribution in [2.45, 2.75) is 32.7 Å². The maximum absolute atomic E-state index is 5.81. The average molecular weight is 253 g/mol. The molecule has 0 amide bonds. The second-order valence-corrected chi connectivity index (χ2v) is 5.65. The molecule has 4 heteroatoms. The molecule has 0 aromatic heterocycles. The average Bonchev–Trinajstić information content (AvgIpc) is 2.20. The highest BCUT2D eigenvalue weighted by molar-refractivity contribution is 7.99. The Bertz CT molecular complexity index is 158. The lowest BCUT2D eigenvalue weighted by Gasteiger charge is -2.37. The van der Waals surface area contributed by atoms with Gasteiger partial charge in [0.1, 0.15) is 0 Å². The Morgan fingerprint density at radius 2 is 2.20 bits per heavy atom. The van der Waals surface area contributed by atoms with Gasteiger partial charge in [0, 0.05) is 24.9 Å². The van der Waals surface area contributed by atoms with Crippen LogP contribution >= 0.6 is 24.2 Å². The molecule has 0 spiro atoms. The van der Waals surface area contributed by atoms with Gasteiger partial charge in [0.2, 0.25) is 0 Å². The molecule has 2 N–H and O–H groups in total. The van der Waals surface area contributed by atoms with Gasteiger partial charge in [0.25, 0.3) is 0 Å². The summed E-state index contributed by atoms with van der Waals surface area (Å²) >= 11 is 2.03. The summed E-state index contributed by atoms with van der Waals surface area (Å²) in [5.74, 6) is 3.37. The molecule has 2 unspecified atom stereocenters. The summed E-state index contributed by atoms with van der Waals surface area (Å²) in [4.78, 5) is 2.59. The number of nitrogens with zero attached hydrogens (tertiary/aromatic N) is 1. The van der Waals surface area contributed by atoms with E-state index in [-0.39, 0.29) is 12.4 Å². The van der Waals surface area contributed by atoms with Crippen LogP contribution in [0.3, 0.4) is 0 Å². The highest BCUT2D eigenvalue weighted by Crippen LogP contribution is 2.21. The van der Waals surface area contributed by atoms with Crippen molar-refractivity contribution in [3.8, 4) is 0 Å². The number of hydrogen-bond acceptors (Lipinski definition) is 3. The zero-order valence-corrected chi connectivity index (χ0v) is 11.6. The molecular weight excluding hydrogens is 228 g/mol. The lowest BCUT2D eigenvalue weighted by molar-refractivity contribution is 0.131. The molecule has 1 aliphatic heterocycles. The normalized spacial score (nSPS) is 27.4. The molecular formula is C11H25ClN2S. The van der Waals surface area contributed by atoms with E-state index in [4.69, 9.17) is 5.73 Å². The molecule has 1 saturated heterocycles. The Labute approximate surface area is 105 Å². The third-order valence-corrected chi connectivity index (χ3v) is 3.98. The van der Waals surface area contributed by atoms with Gasteiger partial charge in [-0.3, -0.25) is 4.90 Å². The van der Waals surface area contributed by atoms with Crippen molar-refractivity contribution in [2.75, 3.05) is 31.1 Å². The number of thioether (sulfide) groups is 1. The SMILES string of the molecule is CCSCCN1CCC(C)CC1CN.Cl. The minimum Gasteiger partial charge on any atom is -0.329 e. The van der Waals surface area contributed by atoms with E-state index < -0.39 is 0 Å². The number of rotatable bonds is 5. The van der Waals surface area contributed by atoms with Crippen molar-refractivity contribution in [1.82, 2.24) is 4.90 Å². The maximum Gasteiger partial charge on any atom is 0.0221 e. The van der Waals surface area contributed by atoms with Gasteiger partial charge in [0.15, 0.2) is 0 Å². The van der Waals surface area contributed by atoms with Gasteiger partial charge in [-0.15, -0.1) is 12.4 Å². The van der Waals surface area contributed by atoms with Gasteiger partial charge >= 0.3 is 0 Å². The fourth-order valence-corrected chi connectivity index (χ4v) is 2.82. The quantitative estimate of drug-likeness (QED) is 0.761. The lowest BCUT2D eigenvalue weighted by Crippen LogP contribution is -2.47. The predicted molar refractivity (Wildman–Crippen MR) is 73.1 cm³/mol. The fraction of sp³-hybridized carbons (Fsp3) is 1.00. The first-order valence-corrected chi connectivity index (χ1v) is 6.95. The summed E-state index contributed by atoms with van der Waals surface area (Å²) in [5.41, 5.74) is 5.81. The smallest absolute Gasteiger partial charge is 0.0221 e. The molecule has 1 rings (SSSR count). The molecule has 0 aromatic carbocycles. The van der Waals surface area contributed by atoms with Crippen LogP contribution in [0, 0.1) is 5.92 Å². The Kier molecular flexibility index (Phi) is 9.01.